The standard InChI is InChI=1S/C25H31N5O4/c1-25(2,3)27-23(26)22-19-14-17(30(32)33)9-12-20(19)28-13-5-6-21(28)24(31)29(22)15-16-7-10-18(34-4)11-8-16/h7-12,14,21,27H,5-6,13,15,26H2,1-4H3/b23-22+/t21-/m0/s1. The van der Waals surface area contributed by atoms with Crippen molar-refractivity contribution in [1.82, 2.24) is 10.2 Å². The third-order valence-electron chi connectivity index (χ3n) is 6.09. The molecule has 0 aliphatic carbocycles. The third-order valence-corrected chi connectivity index (χ3v) is 6.09. The van der Waals surface area contributed by atoms with Crippen molar-refractivity contribution in [1.29, 1.82) is 0 Å². The summed E-state index contributed by atoms with van der Waals surface area (Å²) in [5, 5.41) is 14.9. The molecule has 4 rings (SSSR count). The molecule has 0 saturated carbocycles. The molecule has 0 bridgehead atoms. The van der Waals surface area contributed by atoms with E-state index in [2.05, 4.69) is 10.2 Å². The van der Waals surface area contributed by atoms with Gasteiger partial charge in [0.05, 0.1) is 24.3 Å². The van der Waals surface area contributed by atoms with Crippen molar-refractivity contribution in [2.45, 2.75) is 51.7 Å². The van der Waals surface area contributed by atoms with Gasteiger partial charge in [-0.1, -0.05) is 12.1 Å². The number of hydrogen-bond donors (Lipinski definition) is 2. The highest BCUT2D eigenvalue weighted by atomic mass is 16.6. The van der Waals surface area contributed by atoms with Gasteiger partial charge in [0.1, 0.15) is 17.6 Å². The van der Waals surface area contributed by atoms with Gasteiger partial charge in [-0.05, 0) is 57.4 Å². The smallest absolute Gasteiger partial charge is 0.270 e. The fourth-order valence-corrected chi connectivity index (χ4v) is 4.65. The van der Waals surface area contributed by atoms with Gasteiger partial charge in [-0.25, -0.2) is 0 Å². The number of anilines is 1. The highest BCUT2D eigenvalue weighted by Crippen LogP contribution is 2.41. The molecule has 1 fully saturated rings. The number of carbonyl (C=O) groups excluding carboxylic acids is 1. The molecule has 9 nitrogen and oxygen atoms in total. The van der Waals surface area contributed by atoms with E-state index in [0.717, 1.165) is 23.4 Å². The molecule has 0 radical (unpaired) electrons. The zero-order chi connectivity index (χ0) is 24.6. The van der Waals surface area contributed by atoms with E-state index in [1.807, 2.05) is 45.0 Å². The Morgan fingerprint density at radius 2 is 1.94 bits per heavy atom. The lowest BCUT2D eigenvalue weighted by atomic mass is 10.0. The molecule has 34 heavy (non-hydrogen) atoms. The molecule has 2 heterocycles. The summed E-state index contributed by atoms with van der Waals surface area (Å²) in [5.41, 5.74) is 8.91. The first-order valence-corrected chi connectivity index (χ1v) is 11.4. The molecule has 180 valence electrons. The lowest BCUT2D eigenvalue weighted by Crippen LogP contribution is -2.44. The first-order chi connectivity index (χ1) is 16.1. The van der Waals surface area contributed by atoms with E-state index in [1.165, 1.54) is 12.1 Å². The maximum Gasteiger partial charge on any atom is 0.270 e. The second-order valence-electron chi connectivity index (χ2n) is 9.72. The van der Waals surface area contributed by atoms with Crippen molar-refractivity contribution >= 4 is 23.0 Å². The number of nitro benzene ring substituents is 1. The van der Waals surface area contributed by atoms with E-state index >= 15 is 0 Å². The molecule has 1 atom stereocenters. The number of nitrogens with two attached hydrogens (primary N) is 1. The van der Waals surface area contributed by atoms with Crippen LogP contribution in [0.2, 0.25) is 0 Å². The predicted molar refractivity (Wildman–Crippen MR) is 131 cm³/mol. The van der Waals surface area contributed by atoms with Crippen LogP contribution in [0.25, 0.3) is 5.70 Å². The molecule has 2 aliphatic heterocycles. The van der Waals surface area contributed by atoms with E-state index in [9.17, 15) is 14.9 Å². The summed E-state index contributed by atoms with van der Waals surface area (Å²) in [6, 6.07) is 11.9. The first kappa shape index (κ1) is 23.4. The van der Waals surface area contributed by atoms with Gasteiger partial charge in [-0.15, -0.1) is 0 Å². The number of amides is 1. The summed E-state index contributed by atoms with van der Waals surface area (Å²) in [7, 11) is 1.60. The molecule has 2 aliphatic rings. The lowest BCUT2D eigenvalue weighted by Gasteiger charge is -2.30. The minimum atomic E-state index is -0.423. The van der Waals surface area contributed by atoms with Crippen LogP contribution in [-0.2, 0) is 11.3 Å². The molecule has 2 aromatic rings. The number of nitrogens with zero attached hydrogens (tertiary/aromatic N) is 3. The average Bonchev–Trinajstić information content (AvgIpc) is 3.24. The quantitative estimate of drug-likeness (QED) is 0.512. The van der Waals surface area contributed by atoms with E-state index in [0.29, 0.717) is 30.0 Å². The summed E-state index contributed by atoms with van der Waals surface area (Å²) < 4.78 is 5.26. The Labute approximate surface area is 199 Å². The van der Waals surface area contributed by atoms with Gasteiger partial charge in [-0.2, -0.15) is 0 Å². The van der Waals surface area contributed by atoms with Gasteiger partial charge in [0.25, 0.3) is 5.69 Å². The van der Waals surface area contributed by atoms with Crippen LogP contribution in [0.15, 0.2) is 48.3 Å². The molecule has 3 N–H and O–H groups in total. The minimum Gasteiger partial charge on any atom is -0.497 e. The summed E-state index contributed by atoms with van der Waals surface area (Å²) in [4.78, 5) is 28.9. The maximum absolute atomic E-state index is 13.9. The number of non-ortho nitro benzene ring substituents is 1. The Kier molecular flexibility index (Phi) is 6.12. The van der Waals surface area contributed by atoms with E-state index in [4.69, 9.17) is 10.5 Å². The second-order valence-corrected chi connectivity index (χ2v) is 9.72. The molecule has 9 heteroatoms. The fourth-order valence-electron chi connectivity index (χ4n) is 4.65. The van der Waals surface area contributed by atoms with Crippen molar-refractivity contribution in [3.05, 3.63) is 69.5 Å². The fraction of sp³-hybridized carbons (Fsp3) is 0.400. The van der Waals surface area contributed by atoms with E-state index in [-0.39, 0.29) is 29.7 Å². The highest BCUT2D eigenvalue weighted by Gasteiger charge is 2.41. The number of methoxy groups -OCH3 is 1. The van der Waals surface area contributed by atoms with E-state index in [1.54, 1.807) is 18.1 Å². The number of nitro groups is 1. The number of carbonyl (C=O) groups is 1. The predicted octanol–water partition coefficient (Wildman–Crippen LogP) is 3.59. The summed E-state index contributed by atoms with van der Waals surface area (Å²) in [6.45, 7) is 6.90. The molecule has 0 spiro atoms. The Hall–Kier alpha value is -3.75. The number of nitrogens with one attached hydrogen (secondary N) is 1. The van der Waals surface area contributed by atoms with E-state index < -0.39 is 4.92 Å². The molecule has 0 aromatic heterocycles. The summed E-state index contributed by atoms with van der Waals surface area (Å²) >= 11 is 0. The van der Waals surface area contributed by atoms with Gasteiger partial charge in [0, 0.05) is 35.5 Å². The Morgan fingerprint density at radius 1 is 1.24 bits per heavy atom. The molecule has 1 amide bonds. The average molecular weight is 466 g/mol. The van der Waals surface area contributed by atoms with Crippen LogP contribution in [-0.4, -0.2) is 41.0 Å². The Bertz CT molecular complexity index is 1140. The van der Waals surface area contributed by atoms with Crippen LogP contribution in [0, 0.1) is 10.1 Å². The van der Waals surface area contributed by atoms with Gasteiger partial charge in [0.15, 0.2) is 0 Å². The van der Waals surface area contributed by atoms with Crippen molar-refractivity contribution < 1.29 is 14.5 Å². The first-order valence-electron chi connectivity index (χ1n) is 11.4. The van der Waals surface area contributed by atoms with Crippen molar-refractivity contribution in [3.8, 4) is 5.75 Å². The monoisotopic (exact) mass is 465 g/mol. The number of benzene rings is 2. The largest absolute Gasteiger partial charge is 0.497 e. The number of fused-ring (bicyclic) bond motifs is 3. The van der Waals surface area contributed by atoms with Crippen LogP contribution in [0.5, 0.6) is 5.75 Å². The van der Waals surface area contributed by atoms with Gasteiger partial charge < -0.3 is 25.6 Å². The van der Waals surface area contributed by atoms with Gasteiger partial charge in [-0.3, -0.25) is 14.9 Å². The topological polar surface area (TPSA) is 114 Å². The number of rotatable bonds is 5. The second kappa shape index (κ2) is 8.89. The van der Waals surface area contributed by atoms with Gasteiger partial charge in [0.2, 0.25) is 5.91 Å². The lowest BCUT2D eigenvalue weighted by molar-refractivity contribution is -0.384. The van der Waals surface area contributed by atoms with Crippen LogP contribution in [0.1, 0.15) is 44.7 Å². The zero-order valence-electron chi connectivity index (χ0n) is 20.0. The zero-order valence-corrected chi connectivity index (χ0v) is 20.0. The van der Waals surface area contributed by atoms with Crippen molar-refractivity contribution in [2.24, 2.45) is 5.73 Å². The molecule has 0 unspecified atom stereocenters. The van der Waals surface area contributed by atoms with Crippen molar-refractivity contribution in [3.63, 3.8) is 0 Å². The van der Waals surface area contributed by atoms with Gasteiger partial charge >= 0.3 is 0 Å². The van der Waals surface area contributed by atoms with Crippen LogP contribution >= 0.6 is 0 Å². The van der Waals surface area contributed by atoms with Crippen LogP contribution < -0.4 is 20.7 Å². The molecule has 1 saturated heterocycles. The van der Waals surface area contributed by atoms with Crippen LogP contribution in [0.3, 0.4) is 0 Å². The normalized spacial score (nSPS) is 19.3. The number of hydrogen-bond acceptors (Lipinski definition) is 7. The molecule has 2 aromatic carbocycles. The van der Waals surface area contributed by atoms with Crippen LogP contribution in [0.4, 0.5) is 11.4 Å². The maximum atomic E-state index is 13.9. The minimum absolute atomic E-state index is 0.0469. The summed E-state index contributed by atoms with van der Waals surface area (Å²) in [6.07, 6.45) is 1.59. The molecular formula is C25H31N5O4. The Balaban J connectivity index is 1.92. The molecular weight excluding hydrogens is 434 g/mol. The highest BCUT2D eigenvalue weighted by molar-refractivity contribution is 5.99. The van der Waals surface area contributed by atoms with Crippen molar-refractivity contribution in [2.75, 3.05) is 18.6 Å². The number of ether oxygens (including phenoxy) is 1. The summed E-state index contributed by atoms with van der Waals surface area (Å²) in [5.74, 6) is 0.955. The SMILES string of the molecule is COc1ccc(CN2C(=O)[C@@H]3CCCN3c3ccc([N+](=O)[O-])cc3/C2=C(/N)NC(C)(C)C)cc1. The third kappa shape index (κ3) is 4.50. The Morgan fingerprint density at radius 3 is 2.56 bits per heavy atom.